The second-order valence-electron chi connectivity index (χ2n) is 4.90. The molecule has 104 valence electrons. The first-order valence-electron chi connectivity index (χ1n) is 6.79. The van der Waals surface area contributed by atoms with Crippen LogP contribution >= 0.6 is 11.3 Å². The molecule has 1 amide bonds. The molecule has 1 aliphatic heterocycles. The monoisotopic (exact) mass is 287 g/mol. The number of rotatable bonds is 3. The average Bonchev–Trinajstić information content (AvgIpc) is 2.90. The van der Waals surface area contributed by atoms with Crippen molar-refractivity contribution in [3.05, 3.63) is 45.4 Å². The molecule has 2 heterocycles. The predicted octanol–water partition coefficient (Wildman–Crippen LogP) is 2.74. The number of hydrogen-bond donors (Lipinski definition) is 2. The van der Waals surface area contributed by atoms with Crippen LogP contribution in [0.3, 0.4) is 0 Å². The third-order valence-corrected chi connectivity index (χ3v) is 4.26. The maximum atomic E-state index is 12.3. The number of aryl methyl sites for hydroxylation is 1. The van der Waals surface area contributed by atoms with Gasteiger partial charge in [-0.25, -0.2) is 4.98 Å². The summed E-state index contributed by atoms with van der Waals surface area (Å²) in [7, 11) is 0. The molecule has 3 rings (SSSR count). The van der Waals surface area contributed by atoms with Crippen LogP contribution < -0.4 is 10.6 Å². The quantitative estimate of drug-likeness (QED) is 0.912. The van der Waals surface area contributed by atoms with Gasteiger partial charge in [-0.1, -0.05) is 6.07 Å². The summed E-state index contributed by atoms with van der Waals surface area (Å²) in [6.45, 7) is 3.44. The van der Waals surface area contributed by atoms with Gasteiger partial charge in [0.05, 0.1) is 17.2 Å². The zero-order valence-electron chi connectivity index (χ0n) is 11.4. The van der Waals surface area contributed by atoms with E-state index in [1.807, 2.05) is 30.5 Å². The van der Waals surface area contributed by atoms with E-state index in [-0.39, 0.29) is 5.91 Å². The van der Waals surface area contributed by atoms with E-state index >= 15 is 0 Å². The van der Waals surface area contributed by atoms with Crippen LogP contribution in [0.4, 0.5) is 5.69 Å². The molecule has 0 saturated carbocycles. The molecule has 0 bridgehead atoms. The molecule has 2 N–H and O–H groups in total. The summed E-state index contributed by atoms with van der Waals surface area (Å²) in [5.41, 5.74) is 3.92. The largest absolute Gasteiger partial charge is 0.385 e. The van der Waals surface area contributed by atoms with E-state index in [2.05, 4.69) is 15.6 Å². The number of carbonyl (C=O) groups excluding carboxylic acids is 1. The average molecular weight is 287 g/mol. The van der Waals surface area contributed by atoms with Gasteiger partial charge in [0.25, 0.3) is 5.91 Å². The lowest BCUT2D eigenvalue weighted by molar-refractivity contribution is 0.0949. The van der Waals surface area contributed by atoms with Crippen molar-refractivity contribution in [1.29, 1.82) is 0 Å². The summed E-state index contributed by atoms with van der Waals surface area (Å²) in [5, 5.41) is 9.31. The fraction of sp³-hybridized carbons (Fsp3) is 0.333. The lowest BCUT2D eigenvalue weighted by Gasteiger charge is -2.20. The number of nitrogens with one attached hydrogen (secondary N) is 2. The van der Waals surface area contributed by atoms with Gasteiger partial charge in [-0.15, -0.1) is 11.3 Å². The van der Waals surface area contributed by atoms with Crippen LogP contribution in [0.5, 0.6) is 0 Å². The van der Waals surface area contributed by atoms with Crippen LogP contribution in [0.15, 0.2) is 23.6 Å². The van der Waals surface area contributed by atoms with E-state index in [0.717, 1.165) is 46.9 Å². The van der Waals surface area contributed by atoms with Crippen LogP contribution in [0.1, 0.15) is 33.0 Å². The van der Waals surface area contributed by atoms with E-state index < -0.39 is 0 Å². The van der Waals surface area contributed by atoms with Gasteiger partial charge < -0.3 is 10.6 Å². The molecule has 1 aromatic heterocycles. The molecule has 0 radical (unpaired) electrons. The minimum Gasteiger partial charge on any atom is -0.385 e. The lowest BCUT2D eigenvalue weighted by Crippen LogP contribution is -2.25. The summed E-state index contributed by atoms with van der Waals surface area (Å²) < 4.78 is 0. The first-order chi connectivity index (χ1) is 9.74. The zero-order valence-corrected chi connectivity index (χ0v) is 12.2. The van der Waals surface area contributed by atoms with Crippen LogP contribution in [-0.4, -0.2) is 17.4 Å². The molecule has 0 unspecified atom stereocenters. The second-order valence-corrected chi connectivity index (χ2v) is 5.96. The minimum atomic E-state index is -0.0174. The highest BCUT2D eigenvalue weighted by molar-refractivity contribution is 7.09. The van der Waals surface area contributed by atoms with E-state index in [1.54, 1.807) is 11.3 Å². The lowest BCUT2D eigenvalue weighted by atomic mass is 9.97. The topological polar surface area (TPSA) is 54.0 Å². The van der Waals surface area contributed by atoms with Crippen molar-refractivity contribution < 1.29 is 4.79 Å². The predicted molar refractivity (Wildman–Crippen MR) is 81.3 cm³/mol. The van der Waals surface area contributed by atoms with E-state index in [0.29, 0.717) is 6.54 Å². The summed E-state index contributed by atoms with van der Waals surface area (Å²) in [6.07, 6.45) is 2.03. The molecule has 2 aromatic rings. The van der Waals surface area contributed by atoms with Crippen LogP contribution in [0.2, 0.25) is 0 Å². The van der Waals surface area contributed by atoms with Crippen LogP contribution in [-0.2, 0) is 13.0 Å². The van der Waals surface area contributed by atoms with Crippen LogP contribution in [0, 0.1) is 6.92 Å². The molecule has 4 nitrogen and oxygen atoms in total. The van der Waals surface area contributed by atoms with Gasteiger partial charge in [-0.3, -0.25) is 4.79 Å². The maximum Gasteiger partial charge on any atom is 0.251 e. The van der Waals surface area contributed by atoms with Crippen molar-refractivity contribution in [2.24, 2.45) is 0 Å². The molecule has 20 heavy (non-hydrogen) atoms. The van der Waals surface area contributed by atoms with E-state index in [4.69, 9.17) is 0 Å². The Morgan fingerprint density at radius 3 is 3.20 bits per heavy atom. The number of benzene rings is 1. The number of anilines is 1. The summed E-state index contributed by atoms with van der Waals surface area (Å²) in [5.74, 6) is -0.0174. The fourth-order valence-corrected chi connectivity index (χ4v) is 3.09. The third kappa shape index (κ3) is 2.67. The molecule has 0 atom stereocenters. The summed E-state index contributed by atoms with van der Waals surface area (Å²) in [6, 6.07) is 5.86. The molecular formula is C15H17N3OS. The number of fused-ring (bicyclic) bond motifs is 1. The van der Waals surface area contributed by atoms with Gasteiger partial charge >= 0.3 is 0 Å². The molecule has 0 aliphatic carbocycles. The SMILES string of the molecule is Cc1nc(CNC(=O)c2cccc3c2CCCN3)cs1. The van der Waals surface area contributed by atoms with Crippen molar-refractivity contribution in [2.45, 2.75) is 26.3 Å². The Morgan fingerprint density at radius 1 is 1.50 bits per heavy atom. The Bertz CT molecular complexity index is 636. The zero-order chi connectivity index (χ0) is 13.9. The van der Waals surface area contributed by atoms with Gasteiger partial charge in [0.1, 0.15) is 0 Å². The van der Waals surface area contributed by atoms with Gasteiger partial charge in [0.15, 0.2) is 0 Å². The molecule has 0 saturated heterocycles. The number of carbonyl (C=O) groups is 1. The van der Waals surface area contributed by atoms with Crippen molar-refractivity contribution in [1.82, 2.24) is 10.3 Å². The van der Waals surface area contributed by atoms with E-state index in [1.165, 1.54) is 0 Å². The maximum absolute atomic E-state index is 12.3. The molecule has 1 aliphatic rings. The normalized spacial score (nSPS) is 13.4. The molecule has 5 heteroatoms. The van der Waals surface area contributed by atoms with Gasteiger partial charge in [-0.2, -0.15) is 0 Å². The molecule has 1 aromatic carbocycles. The standard InChI is InChI=1S/C15H17N3OS/c1-10-18-11(9-20-10)8-17-15(19)13-4-2-6-14-12(13)5-3-7-16-14/h2,4,6,9,16H,3,5,7-8H2,1H3,(H,17,19). The first-order valence-corrected chi connectivity index (χ1v) is 7.67. The molecular weight excluding hydrogens is 270 g/mol. The van der Waals surface area contributed by atoms with Gasteiger partial charge in [0, 0.05) is 23.2 Å². The summed E-state index contributed by atoms with van der Waals surface area (Å²) in [4.78, 5) is 16.7. The Balaban J connectivity index is 1.74. The van der Waals surface area contributed by atoms with Crippen molar-refractivity contribution in [2.75, 3.05) is 11.9 Å². The first kappa shape index (κ1) is 13.1. The second kappa shape index (κ2) is 5.63. The fourth-order valence-electron chi connectivity index (χ4n) is 2.48. The highest BCUT2D eigenvalue weighted by atomic mass is 32.1. The number of hydrogen-bond acceptors (Lipinski definition) is 4. The van der Waals surface area contributed by atoms with Crippen molar-refractivity contribution >= 4 is 22.9 Å². The van der Waals surface area contributed by atoms with E-state index in [9.17, 15) is 4.79 Å². The third-order valence-electron chi connectivity index (χ3n) is 3.44. The Labute approximate surface area is 122 Å². The Morgan fingerprint density at radius 2 is 2.40 bits per heavy atom. The van der Waals surface area contributed by atoms with Gasteiger partial charge in [-0.05, 0) is 37.5 Å². The highest BCUT2D eigenvalue weighted by Gasteiger charge is 2.17. The van der Waals surface area contributed by atoms with Crippen LogP contribution in [0.25, 0.3) is 0 Å². The summed E-state index contributed by atoms with van der Waals surface area (Å²) >= 11 is 1.60. The smallest absolute Gasteiger partial charge is 0.251 e. The minimum absolute atomic E-state index is 0.0174. The number of nitrogens with zero attached hydrogens (tertiary/aromatic N) is 1. The number of thiazole rings is 1. The number of amides is 1. The Hall–Kier alpha value is -1.88. The molecule has 0 spiro atoms. The highest BCUT2D eigenvalue weighted by Crippen LogP contribution is 2.25. The van der Waals surface area contributed by atoms with Crippen molar-refractivity contribution in [3.8, 4) is 0 Å². The Kier molecular flexibility index (Phi) is 3.69. The molecule has 0 fully saturated rings. The number of aromatic nitrogens is 1. The van der Waals surface area contributed by atoms with Gasteiger partial charge in [0.2, 0.25) is 0 Å². The van der Waals surface area contributed by atoms with Crippen molar-refractivity contribution in [3.63, 3.8) is 0 Å².